The first-order valence-electron chi connectivity index (χ1n) is 9.12. The van der Waals surface area contributed by atoms with E-state index in [1.807, 2.05) is 35.1 Å². The number of hydrogen-bond donors (Lipinski definition) is 0. The monoisotopic (exact) mass is 384 g/mol. The Labute approximate surface area is 165 Å². The van der Waals surface area contributed by atoms with Crippen molar-refractivity contribution in [1.29, 1.82) is 0 Å². The molecule has 0 amide bonds. The molecule has 0 radical (unpaired) electrons. The molecule has 0 unspecified atom stereocenters. The zero-order valence-electron chi connectivity index (χ0n) is 16.0. The Kier molecular flexibility index (Phi) is 6.19. The summed E-state index contributed by atoms with van der Waals surface area (Å²) < 4.78 is 1.93. The first kappa shape index (κ1) is 19.5. The van der Waals surface area contributed by atoms with Gasteiger partial charge in [0.25, 0.3) is 0 Å². The maximum atomic E-state index is 6.39. The molecule has 2 aromatic heterocycles. The standard InChI is InChI=1S/C20H25ClN6/c1-4-20(2,3)27-19(23-24-25-27)15-26(13-16-8-7-11-22-12-16)14-17-9-5-6-10-18(17)21/h5-12H,4,13-15H2,1-3H3. The third-order valence-corrected chi connectivity index (χ3v) is 5.19. The van der Waals surface area contributed by atoms with Crippen LogP contribution >= 0.6 is 11.6 Å². The van der Waals surface area contributed by atoms with Crippen LogP contribution in [0.1, 0.15) is 44.1 Å². The Morgan fingerprint density at radius 2 is 1.89 bits per heavy atom. The van der Waals surface area contributed by atoms with Crippen LogP contribution in [0.5, 0.6) is 0 Å². The molecule has 7 heteroatoms. The van der Waals surface area contributed by atoms with E-state index in [9.17, 15) is 0 Å². The maximum Gasteiger partial charge on any atom is 0.165 e. The summed E-state index contributed by atoms with van der Waals surface area (Å²) in [5.41, 5.74) is 2.08. The van der Waals surface area contributed by atoms with E-state index in [4.69, 9.17) is 11.6 Å². The zero-order chi connectivity index (χ0) is 19.3. The molecule has 2 heterocycles. The average Bonchev–Trinajstić information content (AvgIpc) is 3.13. The zero-order valence-corrected chi connectivity index (χ0v) is 16.8. The molecule has 0 aliphatic carbocycles. The lowest BCUT2D eigenvalue weighted by Gasteiger charge is -2.27. The van der Waals surface area contributed by atoms with Gasteiger partial charge in [-0.2, -0.15) is 0 Å². The van der Waals surface area contributed by atoms with Crippen LogP contribution in [0.4, 0.5) is 0 Å². The molecule has 0 aliphatic rings. The molecule has 0 saturated carbocycles. The van der Waals surface area contributed by atoms with Gasteiger partial charge in [0, 0.05) is 30.5 Å². The third kappa shape index (κ3) is 4.90. The summed E-state index contributed by atoms with van der Waals surface area (Å²) in [6, 6.07) is 12.0. The molecule has 142 valence electrons. The molecule has 0 aliphatic heterocycles. The molecule has 0 fully saturated rings. The minimum atomic E-state index is -0.136. The van der Waals surface area contributed by atoms with Gasteiger partial charge >= 0.3 is 0 Å². The molecular weight excluding hydrogens is 360 g/mol. The Balaban J connectivity index is 1.86. The lowest BCUT2D eigenvalue weighted by atomic mass is 10.0. The number of tetrazole rings is 1. The van der Waals surface area contributed by atoms with Crippen molar-refractivity contribution in [3.05, 3.63) is 70.8 Å². The van der Waals surface area contributed by atoms with Crippen LogP contribution in [0, 0.1) is 0 Å². The third-order valence-electron chi connectivity index (χ3n) is 4.82. The van der Waals surface area contributed by atoms with Crippen molar-refractivity contribution in [2.24, 2.45) is 0 Å². The fourth-order valence-electron chi connectivity index (χ4n) is 2.91. The van der Waals surface area contributed by atoms with Crippen molar-refractivity contribution in [2.75, 3.05) is 0 Å². The van der Waals surface area contributed by atoms with Crippen molar-refractivity contribution in [2.45, 2.75) is 52.4 Å². The summed E-state index contributed by atoms with van der Waals surface area (Å²) in [5, 5.41) is 13.2. The SMILES string of the molecule is CCC(C)(C)n1nnnc1CN(Cc1cccnc1)Cc1ccccc1Cl. The van der Waals surface area contributed by atoms with Gasteiger partial charge in [-0.3, -0.25) is 9.88 Å². The van der Waals surface area contributed by atoms with Crippen molar-refractivity contribution in [3.63, 3.8) is 0 Å². The van der Waals surface area contributed by atoms with Gasteiger partial charge in [0.05, 0.1) is 12.1 Å². The van der Waals surface area contributed by atoms with Gasteiger partial charge in [-0.1, -0.05) is 42.8 Å². The quantitative estimate of drug-likeness (QED) is 0.585. The summed E-state index contributed by atoms with van der Waals surface area (Å²) in [5.74, 6) is 0.845. The second-order valence-electron chi connectivity index (χ2n) is 7.27. The van der Waals surface area contributed by atoms with Gasteiger partial charge in [-0.05, 0) is 54.0 Å². The number of rotatable bonds is 8. The van der Waals surface area contributed by atoms with E-state index in [1.54, 1.807) is 6.20 Å². The molecule has 0 spiro atoms. The Morgan fingerprint density at radius 1 is 1.07 bits per heavy atom. The van der Waals surface area contributed by atoms with Gasteiger partial charge in [-0.15, -0.1) is 5.10 Å². The number of pyridine rings is 1. The second kappa shape index (κ2) is 8.59. The number of hydrogen-bond acceptors (Lipinski definition) is 5. The smallest absolute Gasteiger partial charge is 0.165 e. The van der Waals surface area contributed by atoms with E-state index in [1.165, 1.54) is 0 Å². The Bertz CT molecular complexity index is 862. The fraction of sp³-hybridized carbons (Fsp3) is 0.400. The number of aromatic nitrogens is 5. The van der Waals surface area contributed by atoms with Crippen LogP contribution in [-0.4, -0.2) is 30.1 Å². The van der Waals surface area contributed by atoms with Crippen LogP contribution in [0.25, 0.3) is 0 Å². The number of halogens is 1. The topological polar surface area (TPSA) is 59.7 Å². The molecule has 6 nitrogen and oxygen atoms in total. The predicted octanol–water partition coefficient (Wildman–Crippen LogP) is 4.07. The van der Waals surface area contributed by atoms with E-state index in [0.717, 1.165) is 34.9 Å². The van der Waals surface area contributed by atoms with Gasteiger partial charge in [0.2, 0.25) is 0 Å². The van der Waals surface area contributed by atoms with Crippen molar-refractivity contribution >= 4 is 11.6 Å². The summed E-state index contributed by atoms with van der Waals surface area (Å²) in [4.78, 5) is 6.52. The first-order chi connectivity index (χ1) is 13.0. The molecule has 3 aromatic rings. The highest BCUT2D eigenvalue weighted by molar-refractivity contribution is 6.31. The van der Waals surface area contributed by atoms with Crippen LogP contribution < -0.4 is 0 Å². The highest BCUT2D eigenvalue weighted by Crippen LogP contribution is 2.22. The molecule has 0 saturated heterocycles. The molecular formula is C20H25ClN6. The average molecular weight is 385 g/mol. The van der Waals surface area contributed by atoms with Gasteiger partial charge in [0.15, 0.2) is 5.82 Å². The largest absolute Gasteiger partial charge is 0.287 e. The number of nitrogens with zero attached hydrogens (tertiary/aromatic N) is 6. The van der Waals surface area contributed by atoms with Crippen LogP contribution in [-0.2, 0) is 25.2 Å². The molecule has 27 heavy (non-hydrogen) atoms. The fourth-order valence-corrected chi connectivity index (χ4v) is 3.10. The molecule has 3 rings (SSSR count). The van der Waals surface area contributed by atoms with Crippen LogP contribution in [0.2, 0.25) is 5.02 Å². The van der Waals surface area contributed by atoms with E-state index in [0.29, 0.717) is 13.1 Å². The summed E-state index contributed by atoms with van der Waals surface area (Å²) in [7, 11) is 0. The van der Waals surface area contributed by atoms with Crippen molar-refractivity contribution in [3.8, 4) is 0 Å². The maximum absolute atomic E-state index is 6.39. The Morgan fingerprint density at radius 3 is 2.59 bits per heavy atom. The molecule has 0 bridgehead atoms. The molecule has 0 N–H and O–H groups in total. The predicted molar refractivity (Wildman–Crippen MR) is 106 cm³/mol. The number of benzene rings is 1. The highest BCUT2D eigenvalue weighted by Gasteiger charge is 2.24. The van der Waals surface area contributed by atoms with Crippen LogP contribution in [0.3, 0.4) is 0 Å². The Hall–Kier alpha value is -2.31. The highest BCUT2D eigenvalue weighted by atomic mass is 35.5. The van der Waals surface area contributed by atoms with E-state index in [-0.39, 0.29) is 5.54 Å². The van der Waals surface area contributed by atoms with Gasteiger partial charge in [-0.25, -0.2) is 4.68 Å². The summed E-state index contributed by atoms with van der Waals surface area (Å²) in [6.45, 7) is 8.49. The van der Waals surface area contributed by atoms with E-state index in [2.05, 4.69) is 58.3 Å². The van der Waals surface area contributed by atoms with E-state index >= 15 is 0 Å². The van der Waals surface area contributed by atoms with Gasteiger partial charge in [0.1, 0.15) is 0 Å². The lowest BCUT2D eigenvalue weighted by Crippen LogP contribution is -2.32. The first-order valence-corrected chi connectivity index (χ1v) is 9.50. The second-order valence-corrected chi connectivity index (χ2v) is 7.68. The summed E-state index contributed by atoms with van der Waals surface area (Å²) >= 11 is 6.39. The van der Waals surface area contributed by atoms with E-state index < -0.39 is 0 Å². The normalized spacial score (nSPS) is 11.9. The van der Waals surface area contributed by atoms with Gasteiger partial charge < -0.3 is 0 Å². The van der Waals surface area contributed by atoms with Crippen molar-refractivity contribution < 1.29 is 0 Å². The van der Waals surface area contributed by atoms with Crippen LogP contribution in [0.15, 0.2) is 48.8 Å². The molecule has 1 aromatic carbocycles. The molecule has 0 atom stereocenters. The minimum absolute atomic E-state index is 0.136. The minimum Gasteiger partial charge on any atom is -0.287 e. The van der Waals surface area contributed by atoms with Crippen molar-refractivity contribution in [1.82, 2.24) is 30.1 Å². The lowest BCUT2D eigenvalue weighted by molar-refractivity contribution is 0.217. The summed E-state index contributed by atoms with van der Waals surface area (Å²) in [6.07, 6.45) is 4.61.